The largest absolute Gasteiger partial charge is 0.493 e. The Balaban J connectivity index is 2.08. The molecule has 1 aliphatic heterocycles. The molecule has 1 saturated heterocycles. The van der Waals surface area contributed by atoms with Crippen molar-refractivity contribution < 1.29 is 23.5 Å². The van der Waals surface area contributed by atoms with Crippen LogP contribution in [0.2, 0.25) is 0 Å². The Bertz CT molecular complexity index is 806. The van der Waals surface area contributed by atoms with Gasteiger partial charge in [-0.25, -0.2) is 9.18 Å². The van der Waals surface area contributed by atoms with Crippen LogP contribution in [0, 0.1) is 11.7 Å². The number of carbonyl (C=O) groups excluding carboxylic acids is 2. The molecule has 27 heavy (non-hydrogen) atoms. The molecule has 1 heterocycles. The number of rotatable bonds is 7. The summed E-state index contributed by atoms with van der Waals surface area (Å²) >= 11 is 0.953. The van der Waals surface area contributed by atoms with E-state index in [2.05, 4.69) is 34.1 Å². The van der Waals surface area contributed by atoms with Gasteiger partial charge in [0.05, 0.1) is 24.8 Å². The summed E-state index contributed by atoms with van der Waals surface area (Å²) in [5.74, 6) is -0.546. The average Bonchev–Trinajstić information content (AvgIpc) is 2.95. The van der Waals surface area contributed by atoms with E-state index < -0.39 is 17.7 Å². The molecule has 0 aromatic heterocycles. The SMILES string of the molecule is COC(=O)/C=C1/S/C(=N\N=Cc2cc(F)ccc2OCCC(C)C)NC1=O. The number of halogens is 1. The van der Waals surface area contributed by atoms with Crippen LogP contribution in [0.5, 0.6) is 5.75 Å². The molecule has 1 aromatic carbocycles. The Hall–Kier alpha value is -2.68. The van der Waals surface area contributed by atoms with Crippen LogP contribution in [-0.2, 0) is 14.3 Å². The van der Waals surface area contributed by atoms with Crippen molar-refractivity contribution in [3.63, 3.8) is 0 Å². The lowest BCUT2D eigenvalue weighted by Crippen LogP contribution is -2.19. The van der Waals surface area contributed by atoms with Crippen molar-refractivity contribution in [2.45, 2.75) is 20.3 Å². The normalized spacial score (nSPS) is 17.1. The van der Waals surface area contributed by atoms with E-state index in [1.165, 1.54) is 31.5 Å². The topological polar surface area (TPSA) is 89.3 Å². The predicted molar refractivity (Wildman–Crippen MR) is 102 cm³/mol. The minimum absolute atomic E-state index is 0.152. The van der Waals surface area contributed by atoms with Gasteiger partial charge in [0.25, 0.3) is 5.91 Å². The highest BCUT2D eigenvalue weighted by Crippen LogP contribution is 2.24. The van der Waals surface area contributed by atoms with Gasteiger partial charge in [0, 0.05) is 11.6 Å². The first-order valence-electron chi connectivity index (χ1n) is 8.21. The van der Waals surface area contributed by atoms with Crippen LogP contribution < -0.4 is 10.1 Å². The molecule has 0 aliphatic carbocycles. The molecule has 1 fully saturated rings. The van der Waals surface area contributed by atoms with Crippen LogP contribution in [0.1, 0.15) is 25.8 Å². The van der Waals surface area contributed by atoms with Crippen molar-refractivity contribution in [2.24, 2.45) is 16.1 Å². The summed E-state index contributed by atoms with van der Waals surface area (Å²) in [5.41, 5.74) is 0.433. The summed E-state index contributed by atoms with van der Waals surface area (Å²) in [6.45, 7) is 4.68. The number of amides is 1. The number of nitrogens with zero attached hydrogens (tertiary/aromatic N) is 2. The fraction of sp³-hybridized carbons (Fsp3) is 0.333. The minimum Gasteiger partial charge on any atom is -0.493 e. The maximum absolute atomic E-state index is 13.5. The summed E-state index contributed by atoms with van der Waals surface area (Å²) in [4.78, 5) is 23.1. The van der Waals surface area contributed by atoms with Crippen molar-refractivity contribution in [3.05, 3.63) is 40.6 Å². The van der Waals surface area contributed by atoms with Gasteiger partial charge in [0.1, 0.15) is 11.6 Å². The monoisotopic (exact) mass is 393 g/mol. The molecule has 0 atom stereocenters. The number of hydrogen-bond acceptors (Lipinski definition) is 7. The molecule has 1 aliphatic rings. The Labute approximate surface area is 160 Å². The smallest absolute Gasteiger partial charge is 0.331 e. The first-order valence-corrected chi connectivity index (χ1v) is 9.03. The van der Waals surface area contributed by atoms with Gasteiger partial charge in [-0.15, -0.1) is 5.10 Å². The maximum Gasteiger partial charge on any atom is 0.331 e. The van der Waals surface area contributed by atoms with Gasteiger partial charge in [-0.2, -0.15) is 5.10 Å². The second-order valence-electron chi connectivity index (χ2n) is 5.95. The number of amidine groups is 1. The van der Waals surface area contributed by atoms with Crippen molar-refractivity contribution in [3.8, 4) is 5.75 Å². The van der Waals surface area contributed by atoms with Crippen molar-refractivity contribution in [1.29, 1.82) is 0 Å². The molecule has 2 rings (SSSR count). The standard InChI is InChI=1S/C18H20FN3O4S/c1-11(2)6-7-26-14-5-4-13(19)8-12(14)10-20-22-18-21-17(24)15(27-18)9-16(23)25-3/h4-5,8-11H,6-7H2,1-3H3,(H,21,22,24)/b15-9+,20-10?. The Morgan fingerprint density at radius 2 is 2.19 bits per heavy atom. The fourth-order valence-electron chi connectivity index (χ4n) is 1.94. The van der Waals surface area contributed by atoms with E-state index in [0.29, 0.717) is 23.8 Å². The van der Waals surface area contributed by atoms with Crippen LogP contribution >= 0.6 is 11.8 Å². The van der Waals surface area contributed by atoms with E-state index in [4.69, 9.17) is 4.74 Å². The molecule has 7 nitrogen and oxygen atoms in total. The maximum atomic E-state index is 13.5. The van der Waals surface area contributed by atoms with Gasteiger partial charge in [-0.1, -0.05) is 13.8 Å². The van der Waals surface area contributed by atoms with Crippen molar-refractivity contribution in [2.75, 3.05) is 13.7 Å². The number of ether oxygens (including phenoxy) is 2. The summed E-state index contributed by atoms with van der Waals surface area (Å²) in [6, 6.07) is 4.13. The number of benzene rings is 1. The number of carbonyl (C=O) groups is 2. The zero-order chi connectivity index (χ0) is 19.8. The van der Waals surface area contributed by atoms with Gasteiger partial charge in [-0.05, 0) is 42.3 Å². The van der Waals surface area contributed by atoms with Crippen LogP contribution in [0.4, 0.5) is 4.39 Å². The van der Waals surface area contributed by atoms with Crippen molar-refractivity contribution in [1.82, 2.24) is 5.32 Å². The number of hydrogen-bond donors (Lipinski definition) is 1. The second kappa shape index (κ2) is 9.86. The number of nitrogens with one attached hydrogen (secondary N) is 1. The highest BCUT2D eigenvalue weighted by atomic mass is 32.2. The molecule has 9 heteroatoms. The molecule has 0 radical (unpaired) electrons. The van der Waals surface area contributed by atoms with Gasteiger partial charge >= 0.3 is 5.97 Å². The quantitative estimate of drug-likeness (QED) is 0.333. The first-order chi connectivity index (χ1) is 12.9. The van der Waals surface area contributed by atoms with Crippen LogP contribution in [0.15, 0.2) is 39.4 Å². The van der Waals surface area contributed by atoms with E-state index in [9.17, 15) is 14.0 Å². The fourth-order valence-corrected chi connectivity index (χ4v) is 2.68. The number of thioether (sulfide) groups is 1. The van der Waals surface area contributed by atoms with Crippen molar-refractivity contribution >= 4 is 35.0 Å². The average molecular weight is 393 g/mol. The number of esters is 1. The summed E-state index contributed by atoms with van der Waals surface area (Å²) in [7, 11) is 1.22. The molecule has 1 amide bonds. The van der Waals surface area contributed by atoms with Gasteiger partial charge in [-0.3, -0.25) is 10.1 Å². The highest BCUT2D eigenvalue weighted by Gasteiger charge is 2.25. The van der Waals surface area contributed by atoms with E-state index in [1.807, 2.05) is 0 Å². The lowest BCUT2D eigenvalue weighted by Gasteiger charge is -2.10. The first kappa shape index (κ1) is 20.6. The molecule has 0 bridgehead atoms. The van der Waals surface area contributed by atoms with Crippen LogP contribution in [0.25, 0.3) is 0 Å². The third-order valence-electron chi connectivity index (χ3n) is 3.37. The van der Waals surface area contributed by atoms with Gasteiger partial charge < -0.3 is 9.47 Å². The molecular formula is C18H20FN3O4S. The summed E-state index contributed by atoms with van der Waals surface area (Å²) in [6.07, 6.45) is 3.28. The van der Waals surface area contributed by atoms with Crippen LogP contribution in [-0.4, -0.2) is 37.0 Å². The third-order valence-corrected chi connectivity index (χ3v) is 4.27. The summed E-state index contributed by atoms with van der Waals surface area (Å²) in [5, 5.41) is 10.4. The predicted octanol–water partition coefficient (Wildman–Crippen LogP) is 2.86. The van der Waals surface area contributed by atoms with E-state index in [-0.39, 0.29) is 10.1 Å². The molecular weight excluding hydrogens is 373 g/mol. The van der Waals surface area contributed by atoms with Crippen LogP contribution in [0.3, 0.4) is 0 Å². The second-order valence-corrected chi connectivity index (χ2v) is 6.98. The molecule has 1 N–H and O–H groups in total. The van der Waals surface area contributed by atoms with Gasteiger partial charge in [0.15, 0.2) is 5.17 Å². The Morgan fingerprint density at radius 1 is 1.41 bits per heavy atom. The Kier molecular flexibility index (Phi) is 7.54. The molecule has 0 spiro atoms. The lowest BCUT2D eigenvalue weighted by molar-refractivity contribution is -0.135. The summed E-state index contributed by atoms with van der Waals surface area (Å²) < 4.78 is 23.7. The molecule has 0 unspecified atom stereocenters. The van der Waals surface area contributed by atoms with E-state index in [0.717, 1.165) is 24.3 Å². The highest BCUT2D eigenvalue weighted by molar-refractivity contribution is 8.18. The van der Waals surface area contributed by atoms with E-state index in [1.54, 1.807) is 0 Å². The van der Waals surface area contributed by atoms with Gasteiger partial charge in [0.2, 0.25) is 0 Å². The lowest BCUT2D eigenvalue weighted by atomic mass is 10.1. The zero-order valence-corrected chi connectivity index (χ0v) is 16.0. The Morgan fingerprint density at radius 3 is 2.89 bits per heavy atom. The number of methoxy groups -OCH3 is 1. The zero-order valence-electron chi connectivity index (χ0n) is 15.2. The molecule has 0 saturated carbocycles. The molecule has 1 aromatic rings. The molecule has 144 valence electrons. The minimum atomic E-state index is -0.639. The third kappa shape index (κ3) is 6.52. The van der Waals surface area contributed by atoms with E-state index >= 15 is 0 Å².